The minimum Gasteiger partial charge on any atom is -0.482 e. The molecule has 0 saturated heterocycles. The van der Waals surface area contributed by atoms with Crippen molar-refractivity contribution in [2.24, 2.45) is 0 Å². The number of rotatable bonds is 9. The van der Waals surface area contributed by atoms with E-state index in [9.17, 15) is 18.0 Å². The van der Waals surface area contributed by atoms with Gasteiger partial charge in [-0.05, 0) is 72.4 Å². The third-order valence-corrected chi connectivity index (χ3v) is 6.74. The quantitative estimate of drug-likeness (QED) is 0.290. The Bertz CT molecular complexity index is 1030. The van der Waals surface area contributed by atoms with Crippen LogP contribution in [0.5, 0.6) is 5.75 Å². The molecule has 160 valence electrons. The van der Waals surface area contributed by atoms with Crippen molar-refractivity contribution in [3.8, 4) is 5.75 Å². The summed E-state index contributed by atoms with van der Waals surface area (Å²) in [4.78, 5) is 12.8. The molecule has 0 amide bonds. The zero-order valence-electron chi connectivity index (χ0n) is 16.3. The highest BCUT2D eigenvalue weighted by Crippen LogP contribution is 2.35. The molecule has 0 atom stereocenters. The second-order valence-corrected chi connectivity index (χ2v) is 9.06. The Labute approximate surface area is 180 Å². The Balaban J connectivity index is 1.55. The monoisotopic (exact) mass is 454 g/mol. The molecule has 0 aliphatic carbocycles. The lowest BCUT2D eigenvalue weighted by molar-refractivity contribution is -0.139. The van der Waals surface area contributed by atoms with Crippen molar-refractivity contribution in [3.63, 3.8) is 0 Å². The SMILES string of the molecule is CCc1cc(SCCCc2cc3ccc(C(F)(F)F)cc3s2)ccc1OCC(=O)O. The standard InChI is InChI=1S/C22H21F3O3S2/c1-2-14-10-17(7-8-19(14)28-13-21(26)27)29-9-3-4-18-11-15-5-6-16(22(23,24)25)12-20(15)30-18/h5-8,10-12H,2-4,9,13H2,1H3,(H,26,27). The van der Waals surface area contributed by atoms with Crippen LogP contribution in [0.2, 0.25) is 0 Å². The molecule has 0 fully saturated rings. The number of benzene rings is 2. The van der Waals surface area contributed by atoms with Crippen LogP contribution in [0.1, 0.15) is 29.3 Å². The number of thioether (sulfide) groups is 1. The maximum Gasteiger partial charge on any atom is 0.416 e. The van der Waals surface area contributed by atoms with Gasteiger partial charge in [-0.25, -0.2) is 4.79 Å². The molecule has 3 rings (SSSR count). The number of ether oxygens (including phenoxy) is 1. The van der Waals surface area contributed by atoms with Gasteiger partial charge >= 0.3 is 12.1 Å². The molecule has 30 heavy (non-hydrogen) atoms. The lowest BCUT2D eigenvalue weighted by Crippen LogP contribution is -2.10. The Morgan fingerprint density at radius 3 is 2.67 bits per heavy atom. The average Bonchev–Trinajstić information content (AvgIpc) is 3.11. The Hall–Kier alpha value is -2.19. The van der Waals surface area contributed by atoms with Gasteiger partial charge in [0.2, 0.25) is 0 Å². The summed E-state index contributed by atoms with van der Waals surface area (Å²) >= 11 is 3.11. The lowest BCUT2D eigenvalue weighted by Gasteiger charge is -2.10. The van der Waals surface area contributed by atoms with E-state index in [4.69, 9.17) is 9.84 Å². The van der Waals surface area contributed by atoms with Crippen molar-refractivity contribution in [1.82, 2.24) is 0 Å². The largest absolute Gasteiger partial charge is 0.482 e. The van der Waals surface area contributed by atoms with Crippen LogP contribution in [0.3, 0.4) is 0 Å². The zero-order valence-corrected chi connectivity index (χ0v) is 17.9. The van der Waals surface area contributed by atoms with Gasteiger partial charge in [-0.3, -0.25) is 0 Å². The molecule has 1 heterocycles. The first kappa shape index (κ1) is 22.5. The molecule has 0 radical (unpaired) electrons. The predicted octanol–water partition coefficient (Wildman–Crippen LogP) is 6.67. The molecular weight excluding hydrogens is 433 g/mol. The second-order valence-electron chi connectivity index (χ2n) is 6.72. The maximum absolute atomic E-state index is 12.9. The van der Waals surface area contributed by atoms with Gasteiger partial charge in [0.1, 0.15) is 5.75 Å². The number of hydrogen-bond acceptors (Lipinski definition) is 4. The predicted molar refractivity (Wildman–Crippen MR) is 115 cm³/mol. The summed E-state index contributed by atoms with van der Waals surface area (Å²) in [5, 5.41) is 9.59. The molecule has 0 bridgehead atoms. The number of hydrogen-bond donors (Lipinski definition) is 1. The first-order chi connectivity index (χ1) is 14.3. The van der Waals surface area contributed by atoms with Crippen molar-refractivity contribution in [2.75, 3.05) is 12.4 Å². The van der Waals surface area contributed by atoms with E-state index in [2.05, 4.69) is 0 Å². The van der Waals surface area contributed by atoms with Crippen molar-refractivity contribution >= 4 is 39.2 Å². The van der Waals surface area contributed by atoms with Crippen LogP contribution in [0.15, 0.2) is 47.4 Å². The van der Waals surface area contributed by atoms with E-state index in [1.165, 1.54) is 23.5 Å². The minimum atomic E-state index is -4.32. The second kappa shape index (κ2) is 9.75. The molecule has 0 unspecified atom stereocenters. The van der Waals surface area contributed by atoms with E-state index in [1.54, 1.807) is 17.8 Å². The maximum atomic E-state index is 12.9. The average molecular weight is 455 g/mol. The van der Waals surface area contributed by atoms with E-state index >= 15 is 0 Å². The number of alkyl halides is 3. The lowest BCUT2D eigenvalue weighted by atomic mass is 10.1. The minimum absolute atomic E-state index is 0.362. The van der Waals surface area contributed by atoms with Crippen molar-refractivity contribution in [1.29, 1.82) is 0 Å². The summed E-state index contributed by atoms with van der Waals surface area (Å²) in [5.74, 6) is 0.458. The van der Waals surface area contributed by atoms with Crippen molar-refractivity contribution in [2.45, 2.75) is 37.3 Å². The molecule has 0 saturated carbocycles. The van der Waals surface area contributed by atoms with E-state index < -0.39 is 17.7 Å². The number of aliphatic carboxylic acids is 1. The first-order valence-corrected chi connectivity index (χ1v) is 11.3. The molecule has 1 N–H and O–H groups in total. The Morgan fingerprint density at radius 1 is 1.17 bits per heavy atom. The topological polar surface area (TPSA) is 46.5 Å². The summed E-state index contributed by atoms with van der Waals surface area (Å²) < 4.78 is 44.5. The van der Waals surface area contributed by atoms with Crippen molar-refractivity contribution in [3.05, 3.63) is 58.5 Å². The molecule has 0 aliphatic heterocycles. The molecule has 2 aromatic carbocycles. The van der Waals surface area contributed by atoms with Crippen LogP contribution < -0.4 is 4.74 Å². The number of carboxylic acids is 1. The molecular formula is C22H21F3O3S2. The fourth-order valence-electron chi connectivity index (χ4n) is 3.02. The van der Waals surface area contributed by atoms with Gasteiger partial charge in [-0.15, -0.1) is 23.1 Å². The number of thiophene rings is 1. The summed E-state index contributed by atoms with van der Waals surface area (Å²) in [5.41, 5.74) is 0.354. The Kier molecular flexibility index (Phi) is 7.31. The van der Waals surface area contributed by atoms with Crippen LogP contribution in [0, 0.1) is 0 Å². The van der Waals surface area contributed by atoms with E-state index in [0.717, 1.165) is 51.8 Å². The third kappa shape index (κ3) is 5.92. The molecule has 0 aliphatic rings. The number of fused-ring (bicyclic) bond motifs is 1. The van der Waals surface area contributed by atoms with Crippen LogP contribution in [-0.2, 0) is 23.8 Å². The molecule has 1 aromatic heterocycles. The van der Waals surface area contributed by atoms with Crippen LogP contribution >= 0.6 is 23.1 Å². The number of halogens is 3. The highest BCUT2D eigenvalue weighted by Gasteiger charge is 2.30. The number of carbonyl (C=O) groups is 1. The van der Waals surface area contributed by atoms with E-state index in [0.29, 0.717) is 10.4 Å². The van der Waals surface area contributed by atoms with Crippen LogP contribution in [0.4, 0.5) is 13.2 Å². The van der Waals surface area contributed by atoms with Crippen molar-refractivity contribution < 1.29 is 27.8 Å². The van der Waals surface area contributed by atoms with Crippen LogP contribution in [-0.4, -0.2) is 23.4 Å². The first-order valence-electron chi connectivity index (χ1n) is 9.46. The fourth-order valence-corrected chi connectivity index (χ4v) is 5.08. The van der Waals surface area contributed by atoms with Gasteiger partial charge in [0.15, 0.2) is 6.61 Å². The van der Waals surface area contributed by atoms with Gasteiger partial charge < -0.3 is 9.84 Å². The highest BCUT2D eigenvalue weighted by molar-refractivity contribution is 7.99. The molecule has 0 spiro atoms. The zero-order chi connectivity index (χ0) is 21.7. The fraction of sp³-hybridized carbons (Fsp3) is 0.318. The summed E-state index contributed by atoms with van der Waals surface area (Å²) in [7, 11) is 0. The number of aryl methyl sites for hydroxylation is 2. The Morgan fingerprint density at radius 2 is 1.97 bits per heavy atom. The normalized spacial score (nSPS) is 11.7. The third-order valence-electron chi connectivity index (χ3n) is 4.50. The van der Waals surface area contributed by atoms with Gasteiger partial charge in [0.25, 0.3) is 0 Å². The summed E-state index contributed by atoms with van der Waals surface area (Å²) in [6, 6.07) is 11.6. The molecule has 3 aromatic rings. The summed E-state index contributed by atoms with van der Waals surface area (Å²) in [6.07, 6.45) is -1.86. The van der Waals surface area contributed by atoms with Gasteiger partial charge in [-0.2, -0.15) is 13.2 Å². The molecule has 8 heteroatoms. The molecule has 3 nitrogen and oxygen atoms in total. The van der Waals surface area contributed by atoms with Gasteiger partial charge in [-0.1, -0.05) is 13.0 Å². The van der Waals surface area contributed by atoms with E-state index in [-0.39, 0.29) is 6.61 Å². The highest BCUT2D eigenvalue weighted by atomic mass is 32.2. The van der Waals surface area contributed by atoms with E-state index in [1.807, 2.05) is 25.1 Å². The van der Waals surface area contributed by atoms with Crippen LogP contribution in [0.25, 0.3) is 10.1 Å². The smallest absolute Gasteiger partial charge is 0.416 e. The van der Waals surface area contributed by atoms with Gasteiger partial charge in [0.05, 0.1) is 5.56 Å². The number of carboxylic acid groups (broad SMARTS) is 1. The summed E-state index contributed by atoms with van der Waals surface area (Å²) in [6.45, 7) is 1.63. The van der Waals surface area contributed by atoms with Gasteiger partial charge in [0, 0.05) is 14.5 Å².